The smallest absolute Gasteiger partial charge is 0.410 e. The molecule has 12 heteroatoms. The molecule has 10 nitrogen and oxygen atoms in total. The first-order valence-electron chi connectivity index (χ1n) is 11.7. The lowest BCUT2D eigenvalue weighted by atomic mass is 9.96. The number of ether oxygens (including phenoxy) is 1. The van der Waals surface area contributed by atoms with Crippen LogP contribution in [0, 0.1) is 5.92 Å². The Kier molecular flexibility index (Phi) is 7.45. The van der Waals surface area contributed by atoms with Gasteiger partial charge in [0.25, 0.3) is 10.0 Å². The van der Waals surface area contributed by atoms with Crippen LogP contribution in [0.15, 0.2) is 77.0 Å². The first kappa shape index (κ1) is 26.8. The Morgan fingerprint density at radius 2 is 1.76 bits per heavy atom. The van der Waals surface area contributed by atoms with Crippen molar-refractivity contribution in [3.63, 3.8) is 0 Å². The number of nitrogens with zero attached hydrogens (tertiary/aromatic N) is 3. The number of hydrogen-bond acceptors (Lipinski definition) is 7. The van der Waals surface area contributed by atoms with Crippen LogP contribution in [-0.4, -0.2) is 75.1 Å². The van der Waals surface area contributed by atoms with E-state index in [4.69, 9.17) is 4.74 Å². The van der Waals surface area contributed by atoms with Gasteiger partial charge >= 0.3 is 6.09 Å². The van der Waals surface area contributed by atoms with Crippen molar-refractivity contribution >= 4 is 32.0 Å². The maximum atomic E-state index is 13.7. The fourth-order valence-electron chi connectivity index (χ4n) is 4.86. The van der Waals surface area contributed by atoms with Crippen LogP contribution in [0.3, 0.4) is 0 Å². The molecule has 3 atom stereocenters. The first-order chi connectivity index (χ1) is 17.5. The predicted octanol–water partition coefficient (Wildman–Crippen LogP) is 2.44. The van der Waals surface area contributed by atoms with Crippen molar-refractivity contribution in [2.45, 2.75) is 41.3 Å². The maximum absolute atomic E-state index is 13.7. The topological polar surface area (TPSA) is 121 Å². The van der Waals surface area contributed by atoms with E-state index in [1.807, 2.05) is 30.3 Å². The Hall–Kier alpha value is -3.22. The zero-order chi connectivity index (χ0) is 27.0. The van der Waals surface area contributed by atoms with Crippen LogP contribution >= 0.6 is 0 Å². The number of carbonyl (C=O) groups excluding carboxylic acids is 2. The molecule has 0 bridgehead atoms. The molecule has 2 amide bonds. The Bertz CT molecular complexity index is 1410. The third-order valence-electron chi connectivity index (χ3n) is 6.67. The zero-order valence-corrected chi connectivity index (χ0v) is 22.2. The van der Waals surface area contributed by atoms with E-state index in [0.29, 0.717) is 0 Å². The van der Waals surface area contributed by atoms with E-state index in [1.165, 1.54) is 43.3 Å². The lowest BCUT2D eigenvalue weighted by molar-refractivity contribution is -0.128. The largest absolute Gasteiger partial charge is 0.445 e. The molecular formula is C25H29N3O7S2. The number of benzene rings is 2. The second kappa shape index (κ2) is 10.3. The van der Waals surface area contributed by atoms with Gasteiger partial charge in [-0.2, -0.15) is 0 Å². The van der Waals surface area contributed by atoms with Crippen LogP contribution in [0.4, 0.5) is 4.79 Å². The van der Waals surface area contributed by atoms with E-state index < -0.39 is 50.0 Å². The zero-order valence-electron chi connectivity index (χ0n) is 20.6. The molecule has 2 aromatic carbocycles. The Morgan fingerprint density at radius 3 is 2.41 bits per heavy atom. The minimum absolute atomic E-state index is 0.0444. The molecule has 2 aliphatic heterocycles. The number of rotatable bonds is 8. The number of allylic oxidation sites excluding steroid dienone is 1. The second-order valence-electron chi connectivity index (χ2n) is 9.11. The average Bonchev–Trinajstić information content (AvgIpc) is 3.41. The van der Waals surface area contributed by atoms with E-state index >= 15 is 0 Å². The highest BCUT2D eigenvalue weighted by Gasteiger charge is 2.58. The summed E-state index contributed by atoms with van der Waals surface area (Å²) in [4.78, 5) is 27.3. The van der Waals surface area contributed by atoms with E-state index in [9.17, 15) is 26.4 Å². The minimum Gasteiger partial charge on any atom is -0.445 e. The van der Waals surface area contributed by atoms with Crippen molar-refractivity contribution in [3.8, 4) is 0 Å². The molecule has 0 unspecified atom stereocenters. The SMILES string of the molecule is C=CC[C@H]1C(=O)N(S(=O)(=O)c2cccc(S(=O)(=O)N(C)C)c2)[C@H]2CCN(C(=O)OCc3ccccc3)[C@H]12. The number of carbonyl (C=O) groups is 2. The van der Waals surface area contributed by atoms with Gasteiger partial charge in [0.1, 0.15) is 6.61 Å². The molecule has 2 heterocycles. The highest BCUT2D eigenvalue weighted by atomic mass is 32.2. The maximum Gasteiger partial charge on any atom is 0.410 e. The van der Waals surface area contributed by atoms with Crippen molar-refractivity contribution in [1.29, 1.82) is 0 Å². The molecule has 0 aromatic heterocycles. The van der Waals surface area contributed by atoms with Crippen LogP contribution in [0.25, 0.3) is 0 Å². The summed E-state index contributed by atoms with van der Waals surface area (Å²) in [7, 11) is -5.63. The Morgan fingerprint density at radius 1 is 1.08 bits per heavy atom. The molecule has 2 saturated heterocycles. The lowest BCUT2D eigenvalue weighted by Gasteiger charge is -2.26. The third kappa shape index (κ3) is 4.88. The van der Waals surface area contributed by atoms with E-state index in [2.05, 4.69) is 6.58 Å². The van der Waals surface area contributed by atoms with Crippen molar-refractivity contribution in [1.82, 2.24) is 13.5 Å². The molecule has 4 rings (SSSR count). The van der Waals surface area contributed by atoms with Crippen molar-refractivity contribution in [3.05, 3.63) is 72.8 Å². The fraction of sp³-hybridized carbons (Fsp3) is 0.360. The molecule has 198 valence electrons. The fourth-order valence-corrected chi connectivity index (χ4v) is 7.60. The van der Waals surface area contributed by atoms with Gasteiger partial charge in [-0.3, -0.25) is 4.79 Å². The number of likely N-dealkylation sites (tertiary alicyclic amines) is 1. The van der Waals surface area contributed by atoms with Crippen LogP contribution in [-0.2, 0) is 36.2 Å². The first-order valence-corrected chi connectivity index (χ1v) is 14.6. The van der Waals surface area contributed by atoms with Gasteiger partial charge in [0.15, 0.2) is 0 Å². The minimum atomic E-state index is -4.42. The summed E-state index contributed by atoms with van der Waals surface area (Å²) in [6, 6.07) is 12.5. The second-order valence-corrected chi connectivity index (χ2v) is 13.1. The number of sulfonamides is 2. The van der Waals surface area contributed by atoms with Gasteiger partial charge in [0, 0.05) is 20.6 Å². The molecule has 2 aliphatic rings. The van der Waals surface area contributed by atoms with Gasteiger partial charge in [0.2, 0.25) is 15.9 Å². The van der Waals surface area contributed by atoms with E-state index in [1.54, 1.807) is 0 Å². The van der Waals surface area contributed by atoms with E-state index in [-0.39, 0.29) is 35.8 Å². The number of fused-ring (bicyclic) bond motifs is 1. The van der Waals surface area contributed by atoms with Crippen LogP contribution in [0.2, 0.25) is 0 Å². The molecule has 0 radical (unpaired) electrons. The average molecular weight is 548 g/mol. The highest BCUT2D eigenvalue weighted by Crippen LogP contribution is 2.41. The highest BCUT2D eigenvalue weighted by molar-refractivity contribution is 7.90. The monoisotopic (exact) mass is 547 g/mol. The number of hydrogen-bond donors (Lipinski definition) is 0. The summed E-state index contributed by atoms with van der Waals surface area (Å²) < 4.78 is 59.8. The van der Waals surface area contributed by atoms with Gasteiger partial charge < -0.3 is 9.64 Å². The van der Waals surface area contributed by atoms with Gasteiger partial charge in [0.05, 0.1) is 27.8 Å². The molecule has 2 aromatic rings. The van der Waals surface area contributed by atoms with Crippen molar-refractivity contribution < 1.29 is 31.2 Å². The van der Waals surface area contributed by atoms with Crippen LogP contribution < -0.4 is 0 Å². The molecule has 37 heavy (non-hydrogen) atoms. The number of amides is 2. The molecule has 0 N–H and O–H groups in total. The third-order valence-corrected chi connectivity index (χ3v) is 10.3. The quantitative estimate of drug-likeness (QED) is 0.466. The van der Waals surface area contributed by atoms with Crippen LogP contribution in [0.5, 0.6) is 0 Å². The van der Waals surface area contributed by atoms with Gasteiger partial charge in [-0.05, 0) is 36.6 Å². The molecule has 0 aliphatic carbocycles. The molecule has 2 fully saturated rings. The van der Waals surface area contributed by atoms with Gasteiger partial charge in [-0.1, -0.05) is 42.5 Å². The molecule has 0 saturated carbocycles. The molecular weight excluding hydrogens is 518 g/mol. The Balaban J connectivity index is 1.64. The predicted molar refractivity (Wildman–Crippen MR) is 135 cm³/mol. The summed E-state index contributed by atoms with van der Waals surface area (Å²) in [5.41, 5.74) is 0.800. The standard InChI is InChI=1S/C25H29N3O7S2/c1-4-9-21-23-22(14-15-27(23)25(30)35-17-18-10-6-5-7-11-18)28(24(21)29)37(33,34)20-13-8-12-19(16-20)36(31,32)26(2)3/h4-8,10-13,16,21-23H,1,9,14-15,17H2,2-3H3/t21-,22+,23-/m1/s1. The summed E-state index contributed by atoms with van der Waals surface area (Å²) in [6.45, 7) is 3.95. The van der Waals surface area contributed by atoms with Crippen molar-refractivity contribution in [2.24, 2.45) is 5.92 Å². The van der Waals surface area contributed by atoms with Crippen molar-refractivity contribution in [2.75, 3.05) is 20.6 Å². The summed E-state index contributed by atoms with van der Waals surface area (Å²) in [5, 5.41) is 0. The van der Waals surface area contributed by atoms with Crippen LogP contribution in [0.1, 0.15) is 18.4 Å². The summed E-state index contributed by atoms with van der Waals surface area (Å²) >= 11 is 0. The Labute approximate surface area is 217 Å². The van der Waals surface area contributed by atoms with E-state index in [0.717, 1.165) is 20.2 Å². The normalized spacial score (nSPS) is 21.8. The lowest BCUT2D eigenvalue weighted by Crippen LogP contribution is -2.43. The summed E-state index contributed by atoms with van der Waals surface area (Å²) in [6.07, 6.45) is 1.30. The van der Waals surface area contributed by atoms with Gasteiger partial charge in [-0.25, -0.2) is 30.2 Å². The van der Waals surface area contributed by atoms with Gasteiger partial charge in [-0.15, -0.1) is 6.58 Å². The summed E-state index contributed by atoms with van der Waals surface area (Å²) in [5.74, 6) is -1.48. The molecule has 0 spiro atoms.